The van der Waals surface area contributed by atoms with Crippen molar-refractivity contribution in [1.29, 1.82) is 0 Å². The van der Waals surface area contributed by atoms with Gasteiger partial charge in [0.25, 0.3) is 0 Å². The van der Waals surface area contributed by atoms with E-state index in [0.717, 1.165) is 0 Å². The van der Waals surface area contributed by atoms with Crippen LogP contribution in [-0.4, -0.2) is 17.7 Å². The van der Waals surface area contributed by atoms with E-state index in [4.69, 9.17) is 16.3 Å². The lowest BCUT2D eigenvalue weighted by atomic mass is 9.92. The van der Waals surface area contributed by atoms with E-state index in [1.54, 1.807) is 33.8 Å². The van der Waals surface area contributed by atoms with Gasteiger partial charge in [0.1, 0.15) is 18.0 Å². The lowest BCUT2D eigenvalue weighted by molar-refractivity contribution is -0.154. The first-order chi connectivity index (χ1) is 9.62. The molecule has 3 nitrogen and oxygen atoms in total. The van der Waals surface area contributed by atoms with Crippen LogP contribution >= 0.6 is 23.8 Å². The Labute approximate surface area is 134 Å². The van der Waals surface area contributed by atoms with Gasteiger partial charge in [0.15, 0.2) is 0 Å². The summed E-state index contributed by atoms with van der Waals surface area (Å²) in [4.78, 5) is 15.8. The maximum atomic E-state index is 14.2. The minimum Gasteiger partial charge on any atom is -0.462 e. The Hall–Kier alpha value is -1.29. The molecule has 0 saturated carbocycles. The van der Waals surface area contributed by atoms with Gasteiger partial charge in [0.2, 0.25) is 0 Å². The number of halogens is 2. The number of thiocarbonyl (C=S) groups is 1. The second-order valence-corrected chi connectivity index (χ2v) is 6.49. The molecule has 0 aliphatic heterocycles. The molecular weight excluding hydrogens is 313 g/mol. The number of esters is 1. The molecule has 1 aromatic rings. The van der Waals surface area contributed by atoms with Crippen LogP contribution in [0.1, 0.15) is 33.3 Å². The molecule has 0 saturated heterocycles. The van der Waals surface area contributed by atoms with Gasteiger partial charge in [-0.3, -0.25) is 4.79 Å². The molecule has 1 atom stereocenters. The molecule has 0 aliphatic rings. The first-order valence-electron chi connectivity index (χ1n) is 6.32. The predicted octanol–water partition coefficient (Wildman–Crippen LogP) is 4.39. The fourth-order valence-electron chi connectivity index (χ4n) is 1.61. The number of carbonyl (C=O) groups excluding carboxylic acids is 1. The molecule has 0 radical (unpaired) electrons. The SMILES string of the molecule is CC(C)(C)C(=O)OCC(C)(N=C=S)c1cccc(Cl)c1F. The third kappa shape index (κ3) is 4.34. The average Bonchev–Trinajstić information content (AvgIpc) is 2.38. The van der Waals surface area contributed by atoms with Crippen molar-refractivity contribution in [3.63, 3.8) is 0 Å². The Balaban J connectivity index is 3.12. The lowest BCUT2D eigenvalue weighted by Gasteiger charge is -2.26. The third-order valence-electron chi connectivity index (χ3n) is 2.92. The van der Waals surface area contributed by atoms with Gasteiger partial charge in [-0.2, -0.15) is 0 Å². The topological polar surface area (TPSA) is 38.7 Å². The Morgan fingerprint density at radius 3 is 2.57 bits per heavy atom. The van der Waals surface area contributed by atoms with Gasteiger partial charge >= 0.3 is 5.97 Å². The van der Waals surface area contributed by atoms with Crippen molar-refractivity contribution < 1.29 is 13.9 Å². The van der Waals surface area contributed by atoms with Gasteiger partial charge in [-0.05, 0) is 46.0 Å². The van der Waals surface area contributed by atoms with E-state index in [0.29, 0.717) is 0 Å². The van der Waals surface area contributed by atoms with E-state index in [9.17, 15) is 9.18 Å². The molecule has 6 heteroatoms. The molecule has 1 aromatic carbocycles. The van der Waals surface area contributed by atoms with E-state index in [-0.39, 0.29) is 17.2 Å². The summed E-state index contributed by atoms with van der Waals surface area (Å²) in [5.74, 6) is -1.02. The van der Waals surface area contributed by atoms with Crippen LogP contribution < -0.4 is 0 Å². The zero-order chi connectivity index (χ0) is 16.3. The number of benzene rings is 1. The Morgan fingerprint density at radius 2 is 2.05 bits per heavy atom. The molecule has 114 valence electrons. The van der Waals surface area contributed by atoms with Crippen molar-refractivity contribution in [1.82, 2.24) is 0 Å². The molecule has 0 spiro atoms. The van der Waals surface area contributed by atoms with Crippen molar-refractivity contribution in [3.05, 3.63) is 34.6 Å². The summed E-state index contributed by atoms with van der Waals surface area (Å²) < 4.78 is 19.4. The fraction of sp³-hybridized carbons (Fsp3) is 0.467. The normalized spacial score (nSPS) is 14.0. The van der Waals surface area contributed by atoms with Gasteiger partial charge in [0, 0.05) is 5.56 Å². The molecule has 0 bridgehead atoms. The molecule has 0 N–H and O–H groups in total. The van der Waals surface area contributed by atoms with Gasteiger partial charge in [-0.25, -0.2) is 9.38 Å². The number of hydrogen-bond donors (Lipinski definition) is 0. The summed E-state index contributed by atoms with van der Waals surface area (Å²) in [6.45, 7) is 6.65. The van der Waals surface area contributed by atoms with E-state index in [1.165, 1.54) is 12.1 Å². The highest BCUT2D eigenvalue weighted by atomic mass is 35.5. The van der Waals surface area contributed by atoms with Crippen LogP contribution in [0.25, 0.3) is 0 Å². The van der Waals surface area contributed by atoms with Crippen LogP contribution in [0.4, 0.5) is 4.39 Å². The third-order valence-corrected chi connectivity index (χ3v) is 3.30. The number of ether oxygens (including phenoxy) is 1. The number of isothiocyanates is 1. The Bertz CT molecular complexity index is 594. The van der Waals surface area contributed by atoms with Crippen molar-refractivity contribution in [3.8, 4) is 0 Å². The first kappa shape index (κ1) is 17.8. The average molecular weight is 330 g/mol. The maximum Gasteiger partial charge on any atom is 0.311 e. The lowest BCUT2D eigenvalue weighted by Crippen LogP contribution is -2.32. The zero-order valence-electron chi connectivity index (χ0n) is 12.4. The molecular formula is C15H17ClFNO2S. The van der Waals surface area contributed by atoms with Crippen molar-refractivity contribution in [2.45, 2.75) is 33.2 Å². The molecule has 21 heavy (non-hydrogen) atoms. The van der Waals surface area contributed by atoms with E-state index < -0.39 is 22.7 Å². The summed E-state index contributed by atoms with van der Waals surface area (Å²) in [5.41, 5.74) is -1.62. The Kier molecular flexibility index (Phi) is 5.62. The fourth-order valence-corrected chi connectivity index (χ4v) is 1.99. The summed E-state index contributed by atoms with van der Waals surface area (Å²) >= 11 is 10.4. The molecule has 0 heterocycles. The van der Waals surface area contributed by atoms with Gasteiger partial charge in [0.05, 0.1) is 15.6 Å². The van der Waals surface area contributed by atoms with Crippen LogP contribution in [0.5, 0.6) is 0 Å². The predicted molar refractivity (Wildman–Crippen MR) is 84.2 cm³/mol. The zero-order valence-corrected chi connectivity index (χ0v) is 13.9. The van der Waals surface area contributed by atoms with E-state index >= 15 is 0 Å². The molecule has 0 aliphatic carbocycles. The second kappa shape index (κ2) is 6.65. The molecule has 0 aromatic heterocycles. The standard InChI is InChI=1S/C15H17ClFNO2S/c1-14(2,3)13(19)20-8-15(4,18-9-21)10-6-5-7-11(16)12(10)17/h5-7H,8H2,1-4H3. The van der Waals surface area contributed by atoms with E-state index in [1.807, 2.05) is 0 Å². The minimum atomic E-state index is -1.17. The number of nitrogens with zero attached hydrogens (tertiary/aromatic N) is 1. The molecule has 1 rings (SSSR count). The highest BCUT2D eigenvalue weighted by Gasteiger charge is 2.33. The number of carbonyl (C=O) groups is 1. The van der Waals surface area contributed by atoms with Crippen molar-refractivity contribution in [2.24, 2.45) is 10.4 Å². The van der Waals surface area contributed by atoms with Crippen molar-refractivity contribution in [2.75, 3.05) is 6.61 Å². The Morgan fingerprint density at radius 1 is 1.43 bits per heavy atom. The van der Waals surface area contributed by atoms with Crippen LogP contribution in [0.3, 0.4) is 0 Å². The smallest absolute Gasteiger partial charge is 0.311 e. The quantitative estimate of drug-likeness (QED) is 0.467. The van der Waals surface area contributed by atoms with Gasteiger partial charge < -0.3 is 4.74 Å². The minimum absolute atomic E-state index is 0.0274. The van der Waals surface area contributed by atoms with Crippen LogP contribution in [0, 0.1) is 11.2 Å². The molecule has 0 fully saturated rings. The van der Waals surface area contributed by atoms with Crippen LogP contribution in [-0.2, 0) is 15.1 Å². The largest absolute Gasteiger partial charge is 0.462 e. The highest BCUT2D eigenvalue weighted by molar-refractivity contribution is 7.78. The number of hydrogen-bond acceptors (Lipinski definition) is 4. The number of rotatable bonds is 4. The maximum absolute atomic E-state index is 14.2. The van der Waals surface area contributed by atoms with Crippen molar-refractivity contribution >= 4 is 34.9 Å². The monoisotopic (exact) mass is 329 g/mol. The summed E-state index contributed by atoms with van der Waals surface area (Å²) in [7, 11) is 0. The van der Waals surface area contributed by atoms with E-state index in [2.05, 4.69) is 22.4 Å². The molecule has 0 amide bonds. The number of aliphatic imine (C=N–C) groups is 1. The van der Waals surface area contributed by atoms with Crippen LogP contribution in [0.2, 0.25) is 5.02 Å². The highest BCUT2D eigenvalue weighted by Crippen LogP contribution is 2.32. The van der Waals surface area contributed by atoms with Crippen LogP contribution in [0.15, 0.2) is 23.2 Å². The second-order valence-electron chi connectivity index (χ2n) is 5.90. The van der Waals surface area contributed by atoms with Gasteiger partial charge in [-0.1, -0.05) is 23.7 Å². The summed E-state index contributed by atoms with van der Waals surface area (Å²) in [6.07, 6.45) is 0. The van der Waals surface area contributed by atoms with Gasteiger partial charge in [-0.15, -0.1) is 0 Å². The summed E-state index contributed by atoms with van der Waals surface area (Å²) in [6, 6.07) is 4.56. The first-order valence-corrected chi connectivity index (χ1v) is 7.11. The molecule has 1 unspecified atom stereocenters. The summed E-state index contributed by atoms with van der Waals surface area (Å²) in [5, 5.41) is 2.20.